The number of piperidine rings is 1. The number of halogens is 2. The van der Waals surface area contributed by atoms with Crippen molar-refractivity contribution in [1.82, 2.24) is 30.0 Å². The summed E-state index contributed by atoms with van der Waals surface area (Å²) in [6.45, 7) is 5.27. The largest absolute Gasteiger partial charge is 0.341 e. The summed E-state index contributed by atoms with van der Waals surface area (Å²) in [4.78, 5) is 25.7. The molecule has 11 heteroatoms. The topological polar surface area (TPSA) is 102 Å². The highest BCUT2D eigenvalue weighted by molar-refractivity contribution is 6.32. The molecule has 2 aromatic heterocycles. The molecule has 3 aromatic rings. The number of aryl methyl sites for hydroxylation is 2. The van der Waals surface area contributed by atoms with Crippen LogP contribution in [0.4, 0.5) is 27.7 Å². The van der Waals surface area contributed by atoms with E-state index in [4.69, 9.17) is 11.6 Å². The molecule has 1 saturated heterocycles. The maximum absolute atomic E-state index is 15.2. The van der Waals surface area contributed by atoms with E-state index in [9.17, 15) is 4.79 Å². The van der Waals surface area contributed by atoms with Crippen LogP contribution < -0.4 is 10.6 Å². The smallest absolute Gasteiger partial charge is 0.243 e. The molecule has 0 spiro atoms. The lowest BCUT2D eigenvalue weighted by Crippen LogP contribution is -2.50. The summed E-state index contributed by atoms with van der Waals surface area (Å²) in [5.74, 6) is 1.21. The van der Waals surface area contributed by atoms with Crippen LogP contribution in [0.3, 0.4) is 0 Å². The highest BCUT2D eigenvalue weighted by atomic mass is 35.5. The Morgan fingerprint density at radius 1 is 1.19 bits per heavy atom. The summed E-state index contributed by atoms with van der Waals surface area (Å²) in [6, 6.07) is 5.21. The van der Waals surface area contributed by atoms with E-state index in [0.717, 1.165) is 42.5 Å². The summed E-state index contributed by atoms with van der Waals surface area (Å²) in [5, 5.41) is 13.3. The van der Waals surface area contributed by atoms with Gasteiger partial charge in [0.2, 0.25) is 11.9 Å². The number of anilines is 4. The number of nitrogens with zero attached hydrogens (tertiary/aromatic N) is 5. The maximum Gasteiger partial charge on any atom is 0.243 e. The molecule has 1 aliphatic heterocycles. The van der Waals surface area contributed by atoms with Crippen LogP contribution in [-0.4, -0.2) is 68.6 Å². The summed E-state index contributed by atoms with van der Waals surface area (Å²) in [7, 11) is 3.96. The quantitative estimate of drug-likeness (QED) is 0.402. The molecule has 0 bridgehead atoms. The van der Waals surface area contributed by atoms with Crippen LogP contribution in [0.25, 0.3) is 0 Å². The number of aromatic nitrogens is 4. The fourth-order valence-electron chi connectivity index (χ4n) is 5.13. The fraction of sp³-hybridized carbons (Fsp3) is 0.462. The SMILES string of the molecule is Cc1cc(Nc2nc(Nc3cc(C)c(C4CCN(C(=O)C5(N(C)C)CC5)CC4)cc3F)ncc2Cl)n[nH]1. The van der Waals surface area contributed by atoms with E-state index < -0.39 is 0 Å². The van der Waals surface area contributed by atoms with Gasteiger partial charge >= 0.3 is 0 Å². The predicted molar refractivity (Wildman–Crippen MR) is 142 cm³/mol. The molecule has 9 nitrogen and oxygen atoms in total. The Morgan fingerprint density at radius 2 is 1.92 bits per heavy atom. The lowest BCUT2D eigenvalue weighted by atomic mass is 9.86. The number of aromatic amines is 1. The number of benzene rings is 1. The highest BCUT2D eigenvalue weighted by Crippen LogP contribution is 2.43. The number of likely N-dealkylation sites (tertiary alicyclic amines) is 1. The normalized spacial score (nSPS) is 17.2. The van der Waals surface area contributed by atoms with Crippen molar-refractivity contribution in [2.24, 2.45) is 0 Å². The molecule has 1 aliphatic carbocycles. The number of rotatable bonds is 7. The average molecular weight is 527 g/mol. The molecular formula is C26H32ClFN8O. The number of carbonyl (C=O) groups is 1. The molecule has 196 valence electrons. The first-order valence-electron chi connectivity index (χ1n) is 12.5. The number of carbonyl (C=O) groups excluding carboxylic acids is 1. The van der Waals surface area contributed by atoms with Gasteiger partial charge in [-0.3, -0.25) is 14.8 Å². The van der Waals surface area contributed by atoms with Crippen molar-refractivity contribution in [1.29, 1.82) is 0 Å². The van der Waals surface area contributed by atoms with Crippen LogP contribution in [0.2, 0.25) is 5.02 Å². The monoisotopic (exact) mass is 526 g/mol. The lowest BCUT2D eigenvalue weighted by Gasteiger charge is -2.36. The van der Waals surface area contributed by atoms with Crippen LogP contribution in [-0.2, 0) is 4.79 Å². The zero-order valence-electron chi connectivity index (χ0n) is 21.5. The van der Waals surface area contributed by atoms with Crippen LogP contribution in [0.1, 0.15) is 48.4 Å². The zero-order chi connectivity index (χ0) is 26.3. The van der Waals surface area contributed by atoms with E-state index >= 15 is 4.39 Å². The van der Waals surface area contributed by atoms with Crippen molar-refractivity contribution in [3.05, 3.63) is 52.1 Å². The van der Waals surface area contributed by atoms with Gasteiger partial charge in [-0.1, -0.05) is 11.6 Å². The van der Waals surface area contributed by atoms with Crippen molar-refractivity contribution >= 4 is 40.8 Å². The van der Waals surface area contributed by atoms with Gasteiger partial charge in [-0.2, -0.15) is 10.1 Å². The third kappa shape index (κ3) is 5.13. The average Bonchev–Trinajstić information content (AvgIpc) is 3.59. The van der Waals surface area contributed by atoms with Crippen molar-refractivity contribution in [2.75, 3.05) is 37.8 Å². The molecule has 0 unspecified atom stereocenters. The van der Waals surface area contributed by atoms with E-state index in [2.05, 4.69) is 30.8 Å². The van der Waals surface area contributed by atoms with Gasteiger partial charge in [0.1, 0.15) is 16.4 Å². The molecule has 0 radical (unpaired) electrons. The first kappa shape index (κ1) is 25.4. The number of H-pyrrole nitrogens is 1. The first-order chi connectivity index (χ1) is 17.7. The summed E-state index contributed by atoms with van der Waals surface area (Å²) in [5.41, 5.74) is 2.84. The van der Waals surface area contributed by atoms with Gasteiger partial charge in [0, 0.05) is 24.8 Å². The molecule has 37 heavy (non-hydrogen) atoms. The van der Waals surface area contributed by atoms with E-state index in [-0.39, 0.29) is 29.1 Å². The van der Waals surface area contributed by atoms with Crippen LogP contribution >= 0.6 is 11.6 Å². The van der Waals surface area contributed by atoms with Gasteiger partial charge in [0.05, 0.1) is 11.9 Å². The second-order valence-corrected chi connectivity index (χ2v) is 10.7. The first-order valence-corrected chi connectivity index (χ1v) is 12.9. The number of nitrogens with one attached hydrogen (secondary N) is 3. The van der Waals surface area contributed by atoms with Gasteiger partial charge < -0.3 is 15.5 Å². The molecule has 0 atom stereocenters. The Bertz CT molecular complexity index is 1310. The Labute approximate surface area is 220 Å². The molecular weight excluding hydrogens is 495 g/mol. The zero-order valence-corrected chi connectivity index (χ0v) is 22.3. The second-order valence-electron chi connectivity index (χ2n) is 10.3. The fourth-order valence-corrected chi connectivity index (χ4v) is 5.27. The standard InChI is InChI=1S/C26H32ClFN8O/c1-15-11-21(30-25-29-14-19(27)23(32-25)31-22-12-16(2)33-34-22)20(28)13-18(15)17-5-9-36(10-6-17)24(37)26(7-8-26)35(3)4/h11-14,17H,5-10H2,1-4H3,(H3,29,30,31,32,33,34). The minimum atomic E-state index is -0.375. The molecule has 3 N–H and O–H groups in total. The Balaban J connectivity index is 1.26. The molecule has 1 saturated carbocycles. The highest BCUT2D eigenvalue weighted by Gasteiger charge is 2.53. The lowest BCUT2D eigenvalue weighted by molar-refractivity contribution is -0.138. The third-order valence-electron chi connectivity index (χ3n) is 7.50. The Hall–Kier alpha value is -3.24. The second kappa shape index (κ2) is 9.90. The summed E-state index contributed by atoms with van der Waals surface area (Å²) >= 11 is 6.24. The number of amides is 1. The van der Waals surface area contributed by atoms with Gasteiger partial charge in [-0.05, 0) is 82.8 Å². The van der Waals surface area contributed by atoms with E-state index in [1.165, 1.54) is 6.20 Å². The van der Waals surface area contributed by atoms with Gasteiger partial charge in [0.25, 0.3) is 0 Å². The molecule has 3 heterocycles. The minimum absolute atomic E-state index is 0.210. The molecule has 5 rings (SSSR count). The number of hydrogen-bond acceptors (Lipinski definition) is 7. The Kier molecular flexibility index (Phi) is 6.80. The molecule has 2 fully saturated rings. The molecule has 1 amide bonds. The minimum Gasteiger partial charge on any atom is -0.341 e. The van der Waals surface area contributed by atoms with Gasteiger partial charge in [-0.25, -0.2) is 9.37 Å². The van der Waals surface area contributed by atoms with Crippen molar-refractivity contribution in [3.8, 4) is 0 Å². The number of likely N-dealkylation sites (N-methyl/N-ethyl adjacent to an activating group) is 1. The maximum atomic E-state index is 15.2. The van der Waals surface area contributed by atoms with Gasteiger partial charge in [-0.15, -0.1) is 0 Å². The van der Waals surface area contributed by atoms with Crippen molar-refractivity contribution in [2.45, 2.75) is 51.0 Å². The number of hydrogen-bond donors (Lipinski definition) is 3. The van der Waals surface area contributed by atoms with Crippen molar-refractivity contribution < 1.29 is 9.18 Å². The van der Waals surface area contributed by atoms with E-state index in [0.29, 0.717) is 35.4 Å². The Morgan fingerprint density at radius 3 is 2.54 bits per heavy atom. The molecule has 2 aliphatic rings. The summed E-state index contributed by atoms with van der Waals surface area (Å²) in [6.07, 6.45) is 4.95. The van der Waals surface area contributed by atoms with Crippen LogP contribution in [0.5, 0.6) is 0 Å². The van der Waals surface area contributed by atoms with Crippen LogP contribution in [0, 0.1) is 19.7 Å². The van der Waals surface area contributed by atoms with E-state index in [1.807, 2.05) is 43.8 Å². The van der Waals surface area contributed by atoms with Crippen LogP contribution in [0.15, 0.2) is 24.4 Å². The van der Waals surface area contributed by atoms with E-state index in [1.54, 1.807) is 12.1 Å². The predicted octanol–water partition coefficient (Wildman–Crippen LogP) is 4.90. The third-order valence-corrected chi connectivity index (χ3v) is 7.78. The van der Waals surface area contributed by atoms with Gasteiger partial charge in [0.15, 0.2) is 11.6 Å². The molecule has 1 aromatic carbocycles. The summed E-state index contributed by atoms with van der Waals surface area (Å²) < 4.78 is 15.2. The van der Waals surface area contributed by atoms with Crippen molar-refractivity contribution in [3.63, 3.8) is 0 Å².